The van der Waals surface area contributed by atoms with Crippen molar-refractivity contribution in [1.82, 2.24) is 10.3 Å². The molecule has 3 nitrogen and oxygen atoms in total. The molecule has 1 aliphatic carbocycles. The van der Waals surface area contributed by atoms with E-state index in [1.54, 1.807) is 18.3 Å². The Morgan fingerprint density at radius 3 is 3.00 bits per heavy atom. The molecular formula is C11H13ClN2O. The third-order valence-corrected chi connectivity index (χ3v) is 2.99. The van der Waals surface area contributed by atoms with Crippen LogP contribution in [-0.4, -0.2) is 16.9 Å². The van der Waals surface area contributed by atoms with Crippen molar-refractivity contribution in [2.45, 2.75) is 25.8 Å². The molecule has 1 unspecified atom stereocenters. The normalized spacial score (nSPS) is 17.2. The quantitative estimate of drug-likeness (QED) is 0.801. The van der Waals surface area contributed by atoms with Crippen LogP contribution in [0.4, 0.5) is 0 Å². The fourth-order valence-corrected chi connectivity index (χ4v) is 1.76. The molecule has 0 saturated heterocycles. The third kappa shape index (κ3) is 2.48. The minimum absolute atomic E-state index is 0.132. The second-order valence-corrected chi connectivity index (χ2v) is 4.30. The third-order valence-electron chi connectivity index (χ3n) is 2.69. The minimum atomic E-state index is -0.132. The van der Waals surface area contributed by atoms with Crippen LogP contribution in [0.1, 0.15) is 30.1 Å². The van der Waals surface area contributed by atoms with E-state index in [0.29, 0.717) is 11.5 Å². The van der Waals surface area contributed by atoms with Crippen molar-refractivity contribution in [3.8, 4) is 0 Å². The van der Waals surface area contributed by atoms with Gasteiger partial charge in [-0.25, -0.2) is 4.98 Å². The lowest BCUT2D eigenvalue weighted by molar-refractivity contribution is 0.0935. The van der Waals surface area contributed by atoms with Crippen LogP contribution in [0.2, 0.25) is 5.15 Å². The number of rotatable bonds is 3. The molecule has 0 bridgehead atoms. The van der Waals surface area contributed by atoms with E-state index in [2.05, 4.69) is 10.3 Å². The summed E-state index contributed by atoms with van der Waals surface area (Å²) in [5, 5.41) is 3.20. The van der Waals surface area contributed by atoms with Gasteiger partial charge in [-0.05, 0) is 37.8 Å². The number of aromatic nitrogens is 1. The number of carbonyl (C=O) groups excluding carboxylic acids is 1. The standard InChI is InChI=1S/C11H13ClN2O/c1-7(8-4-5-8)14-11(15)9-3-2-6-13-10(9)12/h2-3,6-8H,4-5H2,1H3,(H,14,15). The Hall–Kier alpha value is -1.09. The molecule has 1 aliphatic rings. The van der Waals surface area contributed by atoms with Gasteiger partial charge in [0.25, 0.3) is 5.91 Å². The fourth-order valence-electron chi connectivity index (χ4n) is 1.55. The first-order valence-corrected chi connectivity index (χ1v) is 5.47. The number of pyridine rings is 1. The SMILES string of the molecule is CC(NC(=O)c1cccnc1Cl)C1CC1. The molecule has 0 spiro atoms. The predicted molar refractivity (Wildman–Crippen MR) is 58.9 cm³/mol. The Kier molecular flexibility index (Phi) is 2.91. The Balaban J connectivity index is 2.04. The molecule has 0 aromatic carbocycles. The Morgan fingerprint density at radius 2 is 2.40 bits per heavy atom. The van der Waals surface area contributed by atoms with Crippen molar-refractivity contribution in [1.29, 1.82) is 0 Å². The predicted octanol–water partition coefficient (Wildman–Crippen LogP) is 2.26. The Labute approximate surface area is 93.8 Å². The molecule has 1 atom stereocenters. The molecule has 1 aromatic rings. The van der Waals surface area contributed by atoms with Gasteiger partial charge >= 0.3 is 0 Å². The second-order valence-electron chi connectivity index (χ2n) is 3.94. The molecule has 1 fully saturated rings. The largest absolute Gasteiger partial charge is 0.349 e. The van der Waals surface area contributed by atoms with Crippen LogP contribution in [0, 0.1) is 5.92 Å². The maximum Gasteiger partial charge on any atom is 0.254 e. The first kappa shape index (κ1) is 10.4. The molecule has 80 valence electrons. The lowest BCUT2D eigenvalue weighted by Crippen LogP contribution is -2.34. The molecule has 2 rings (SSSR count). The fraction of sp³-hybridized carbons (Fsp3) is 0.455. The van der Waals surface area contributed by atoms with E-state index in [0.717, 1.165) is 0 Å². The van der Waals surface area contributed by atoms with E-state index in [4.69, 9.17) is 11.6 Å². The Bertz CT molecular complexity index is 377. The summed E-state index contributed by atoms with van der Waals surface area (Å²) in [6.07, 6.45) is 3.99. The molecular weight excluding hydrogens is 212 g/mol. The van der Waals surface area contributed by atoms with Gasteiger partial charge in [0.15, 0.2) is 0 Å². The molecule has 4 heteroatoms. The number of amides is 1. The summed E-state index contributed by atoms with van der Waals surface area (Å²) in [4.78, 5) is 15.6. The molecule has 1 N–H and O–H groups in total. The van der Waals surface area contributed by atoms with Crippen LogP contribution < -0.4 is 5.32 Å². The van der Waals surface area contributed by atoms with Crippen LogP contribution in [-0.2, 0) is 0 Å². The van der Waals surface area contributed by atoms with Gasteiger partial charge in [0.2, 0.25) is 0 Å². The number of nitrogens with zero attached hydrogens (tertiary/aromatic N) is 1. The minimum Gasteiger partial charge on any atom is -0.349 e. The molecule has 1 aromatic heterocycles. The first-order valence-electron chi connectivity index (χ1n) is 5.10. The molecule has 1 saturated carbocycles. The van der Waals surface area contributed by atoms with Crippen LogP contribution in [0.5, 0.6) is 0 Å². The molecule has 0 aliphatic heterocycles. The number of carbonyl (C=O) groups is 1. The number of nitrogens with one attached hydrogen (secondary N) is 1. The highest BCUT2D eigenvalue weighted by Gasteiger charge is 2.29. The summed E-state index contributed by atoms with van der Waals surface area (Å²) in [5.41, 5.74) is 0.451. The van der Waals surface area contributed by atoms with Crippen molar-refractivity contribution in [2.75, 3.05) is 0 Å². The van der Waals surface area contributed by atoms with Gasteiger partial charge in [-0.2, -0.15) is 0 Å². The van der Waals surface area contributed by atoms with Gasteiger partial charge in [0, 0.05) is 12.2 Å². The van der Waals surface area contributed by atoms with Crippen molar-refractivity contribution < 1.29 is 4.79 Å². The van der Waals surface area contributed by atoms with Crippen molar-refractivity contribution >= 4 is 17.5 Å². The zero-order valence-electron chi connectivity index (χ0n) is 8.53. The second kappa shape index (κ2) is 4.19. The number of hydrogen-bond donors (Lipinski definition) is 1. The van der Waals surface area contributed by atoms with Crippen molar-refractivity contribution in [2.24, 2.45) is 5.92 Å². The number of hydrogen-bond acceptors (Lipinski definition) is 2. The van der Waals surface area contributed by atoms with Crippen molar-refractivity contribution in [3.63, 3.8) is 0 Å². The highest BCUT2D eigenvalue weighted by molar-refractivity contribution is 6.32. The average Bonchev–Trinajstić information content (AvgIpc) is 3.01. The molecule has 1 heterocycles. The van der Waals surface area contributed by atoms with Crippen LogP contribution in [0.15, 0.2) is 18.3 Å². The maximum absolute atomic E-state index is 11.8. The van der Waals surface area contributed by atoms with Crippen molar-refractivity contribution in [3.05, 3.63) is 29.0 Å². The summed E-state index contributed by atoms with van der Waals surface area (Å²) in [6, 6.07) is 3.63. The van der Waals surface area contributed by atoms with Gasteiger partial charge < -0.3 is 5.32 Å². The highest BCUT2D eigenvalue weighted by Crippen LogP contribution is 2.32. The van der Waals surface area contributed by atoms with E-state index in [9.17, 15) is 4.79 Å². The summed E-state index contributed by atoms with van der Waals surface area (Å²) in [7, 11) is 0. The van der Waals surface area contributed by atoms with Crippen LogP contribution >= 0.6 is 11.6 Å². The summed E-state index contributed by atoms with van der Waals surface area (Å²) >= 11 is 5.83. The molecule has 1 amide bonds. The van der Waals surface area contributed by atoms with E-state index in [-0.39, 0.29) is 17.1 Å². The zero-order valence-corrected chi connectivity index (χ0v) is 9.29. The lowest BCUT2D eigenvalue weighted by atomic mass is 10.2. The van der Waals surface area contributed by atoms with E-state index < -0.39 is 0 Å². The summed E-state index contributed by atoms with van der Waals surface area (Å²) < 4.78 is 0. The summed E-state index contributed by atoms with van der Waals surface area (Å²) in [5.74, 6) is 0.511. The van der Waals surface area contributed by atoms with Gasteiger partial charge in [-0.1, -0.05) is 11.6 Å². The lowest BCUT2D eigenvalue weighted by Gasteiger charge is -2.12. The number of halogens is 1. The van der Waals surface area contributed by atoms with E-state index in [1.165, 1.54) is 12.8 Å². The highest BCUT2D eigenvalue weighted by atomic mass is 35.5. The van der Waals surface area contributed by atoms with Gasteiger partial charge in [-0.3, -0.25) is 4.79 Å². The average molecular weight is 225 g/mol. The molecule has 15 heavy (non-hydrogen) atoms. The van der Waals surface area contributed by atoms with Gasteiger partial charge in [0.1, 0.15) is 5.15 Å². The first-order chi connectivity index (χ1) is 7.18. The Morgan fingerprint density at radius 1 is 1.67 bits per heavy atom. The topological polar surface area (TPSA) is 42.0 Å². The van der Waals surface area contributed by atoms with Crippen LogP contribution in [0.3, 0.4) is 0 Å². The van der Waals surface area contributed by atoms with E-state index in [1.807, 2.05) is 6.92 Å². The molecule has 0 radical (unpaired) electrons. The van der Waals surface area contributed by atoms with Crippen LogP contribution in [0.25, 0.3) is 0 Å². The maximum atomic E-state index is 11.8. The summed E-state index contributed by atoms with van der Waals surface area (Å²) in [6.45, 7) is 2.03. The van der Waals surface area contributed by atoms with Gasteiger partial charge in [0.05, 0.1) is 5.56 Å². The monoisotopic (exact) mass is 224 g/mol. The zero-order chi connectivity index (χ0) is 10.8. The smallest absolute Gasteiger partial charge is 0.254 e. The van der Waals surface area contributed by atoms with Gasteiger partial charge in [-0.15, -0.1) is 0 Å². The van der Waals surface area contributed by atoms with E-state index >= 15 is 0 Å².